The lowest BCUT2D eigenvalue weighted by atomic mass is 9.91. The summed E-state index contributed by atoms with van der Waals surface area (Å²) in [5, 5.41) is 0. The van der Waals surface area contributed by atoms with Gasteiger partial charge in [0, 0.05) is 11.3 Å². The third-order valence-corrected chi connectivity index (χ3v) is 2.59. The van der Waals surface area contributed by atoms with Gasteiger partial charge in [-0.25, -0.2) is 0 Å². The number of ether oxygens (including phenoxy) is 1. The monoisotopic (exact) mass is 178 g/mol. The van der Waals surface area contributed by atoms with Gasteiger partial charge in [-0.15, -0.1) is 11.6 Å². The van der Waals surface area contributed by atoms with Crippen molar-refractivity contribution in [3.63, 3.8) is 0 Å². The second kappa shape index (κ2) is 5.00. The van der Waals surface area contributed by atoms with Crippen LogP contribution in [0, 0.1) is 5.41 Å². The van der Waals surface area contributed by atoms with Crippen LogP contribution < -0.4 is 0 Å². The molecule has 0 spiro atoms. The van der Waals surface area contributed by atoms with Crippen molar-refractivity contribution in [1.29, 1.82) is 0 Å². The van der Waals surface area contributed by atoms with E-state index >= 15 is 0 Å². The van der Waals surface area contributed by atoms with E-state index in [4.69, 9.17) is 16.3 Å². The average molecular weight is 179 g/mol. The summed E-state index contributed by atoms with van der Waals surface area (Å²) in [5.41, 5.74) is 0.159. The summed E-state index contributed by atoms with van der Waals surface area (Å²) in [5.74, 6) is 0.677. The van der Waals surface area contributed by atoms with E-state index < -0.39 is 0 Å². The predicted octanol–water partition coefficient (Wildman–Crippen LogP) is 3.07. The zero-order valence-electron chi connectivity index (χ0n) is 7.98. The second-order valence-corrected chi connectivity index (χ2v) is 3.92. The molecule has 0 bridgehead atoms. The summed E-state index contributed by atoms with van der Waals surface area (Å²) in [6, 6.07) is 0. The van der Waals surface area contributed by atoms with Crippen LogP contribution in [0.3, 0.4) is 0 Å². The molecule has 0 aromatic heterocycles. The van der Waals surface area contributed by atoms with Gasteiger partial charge in [0.25, 0.3) is 0 Å². The van der Waals surface area contributed by atoms with Gasteiger partial charge < -0.3 is 4.74 Å². The Hall–Kier alpha value is 0.250. The van der Waals surface area contributed by atoms with Crippen molar-refractivity contribution >= 4 is 11.6 Å². The van der Waals surface area contributed by atoms with Crippen molar-refractivity contribution in [3.05, 3.63) is 0 Å². The van der Waals surface area contributed by atoms with Gasteiger partial charge in [-0.1, -0.05) is 13.8 Å². The van der Waals surface area contributed by atoms with Crippen LogP contribution in [0.2, 0.25) is 0 Å². The van der Waals surface area contributed by atoms with E-state index in [0.717, 1.165) is 13.0 Å². The third-order valence-electron chi connectivity index (χ3n) is 1.94. The lowest BCUT2D eigenvalue weighted by Crippen LogP contribution is -2.26. The molecule has 0 heterocycles. The highest BCUT2D eigenvalue weighted by Crippen LogP contribution is 2.23. The molecule has 0 aliphatic rings. The van der Waals surface area contributed by atoms with Crippen LogP contribution in [0.15, 0.2) is 0 Å². The molecule has 0 amide bonds. The SMILES string of the molecule is CCC(C)(CCl)COC(C)C. The molecule has 0 aliphatic heterocycles. The molecule has 0 aromatic carbocycles. The first-order valence-electron chi connectivity index (χ1n) is 4.21. The fourth-order valence-electron chi connectivity index (χ4n) is 0.603. The Labute approximate surface area is 75.1 Å². The topological polar surface area (TPSA) is 9.23 Å². The summed E-state index contributed by atoms with van der Waals surface area (Å²) in [6.07, 6.45) is 1.38. The molecule has 0 fully saturated rings. The van der Waals surface area contributed by atoms with Gasteiger partial charge in [0.15, 0.2) is 0 Å². The Morgan fingerprint density at radius 2 is 2.00 bits per heavy atom. The molecule has 68 valence electrons. The summed E-state index contributed by atoms with van der Waals surface area (Å²) in [7, 11) is 0. The van der Waals surface area contributed by atoms with Crippen LogP contribution >= 0.6 is 11.6 Å². The Bertz CT molecular complexity index is 97.7. The standard InChI is InChI=1S/C9H19ClO/c1-5-9(4,6-10)7-11-8(2)3/h8H,5-7H2,1-4H3. The quantitative estimate of drug-likeness (QED) is 0.588. The van der Waals surface area contributed by atoms with E-state index in [2.05, 4.69) is 13.8 Å². The summed E-state index contributed by atoms with van der Waals surface area (Å²) in [6.45, 7) is 9.16. The highest BCUT2D eigenvalue weighted by molar-refractivity contribution is 6.18. The Morgan fingerprint density at radius 3 is 2.27 bits per heavy atom. The minimum atomic E-state index is 0.159. The van der Waals surface area contributed by atoms with Crippen molar-refractivity contribution in [2.24, 2.45) is 5.41 Å². The summed E-state index contributed by atoms with van der Waals surface area (Å²) >= 11 is 5.81. The van der Waals surface area contributed by atoms with Crippen molar-refractivity contribution in [2.75, 3.05) is 12.5 Å². The molecule has 0 aliphatic carbocycles. The van der Waals surface area contributed by atoms with Crippen LogP contribution in [0.4, 0.5) is 0 Å². The van der Waals surface area contributed by atoms with Crippen LogP contribution in [-0.4, -0.2) is 18.6 Å². The first-order chi connectivity index (χ1) is 5.04. The van der Waals surface area contributed by atoms with Crippen LogP contribution in [-0.2, 0) is 4.74 Å². The van der Waals surface area contributed by atoms with Crippen molar-refractivity contribution in [3.8, 4) is 0 Å². The lowest BCUT2D eigenvalue weighted by molar-refractivity contribution is 0.0215. The molecule has 11 heavy (non-hydrogen) atoms. The van der Waals surface area contributed by atoms with Gasteiger partial charge in [0.05, 0.1) is 12.7 Å². The highest BCUT2D eigenvalue weighted by atomic mass is 35.5. The average Bonchev–Trinajstić information content (AvgIpc) is 2.00. The first kappa shape index (κ1) is 11.2. The zero-order chi connectivity index (χ0) is 8.91. The zero-order valence-corrected chi connectivity index (χ0v) is 8.74. The van der Waals surface area contributed by atoms with Crippen LogP contribution in [0.25, 0.3) is 0 Å². The van der Waals surface area contributed by atoms with E-state index in [1.54, 1.807) is 0 Å². The maximum absolute atomic E-state index is 5.81. The molecule has 0 N–H and O–H groups in total. The fraction of sp³-hybridized carbons (Fsp3) is 1.00. The molecule has 1 nitrogen and oxygen atoms in total. The van der Waals surface area contributed by atoms with Gasteiger partial charge in [0.1, 0.15) is 0 Å². The van der Waals surface area contributed by atoms with Crippen LogP contribution in [0.1, 0.15) is 34.1 Å². The lowest BCUT2D eigenvalue weighted by Gasteiger charge is -2.26. The maximum atomic E-state index is 5.81. The summed E-state index contributed by atoms with van der Waals surface area (Å²) in [4.78, 5) is 0. The van der Waals surface area contributed by atoms with Crippen LogP contribution in [0.5, 0.6) is 0 Å². The molecular formula is C9H19ClO. The normalized spacial score (nSPS) is 16.9. The second-order valence-electron chi connectivity index (χ2n) is 3.66. The van der Waals surface area contributed by atoms with E-state index in [9.17, 15) is 0 Å². The highest BCUT2D eigenvalue weighted by Gasteiger charge is 2.21. The first-order valence-corrected chi connectivity index (χ1v) is 4.75. The van der Waals surface area contributed by atoms with Gasteiger partial charge in [-0.05, 0) is 20.3 Å². The molecule has 0 saturated carbocycles. The molecule has 0 saturated heterocycles. The Kier molecular flexibility index (Phi) is 5.11. The number of rotatable bonds is 5. The Balaban J connectivity index is 3.69. The number of alkyl halides is 1. The minimum Gasteiger partial charge on any atom is -0.378 e. The van der Waals surface area contributed by atoms with Gasteiger partial charge in [-0.3, -0.25) is 0 Å². The predicted molar refractivity (Wildman–Crippen MR) is 50.2 cm³/mol. The Morgan fingerprint density at radius 1 is 1.45 bits per heavy atom. The molecular weight excluding hydrogens is 160 g/mol. The molecule has 2 heteroatoms. The van der Waals surface area contributed by atoms with Gasteiger partial charge in [-0.2, -0.15) is 0 Å². The largest absolute Gasteiger partial charge is 0.378 e. The molecule has 0 rings (SSSR count). The van der Waals surface area contributed by atoms with E-state index in [-0.39, 0.29) is 5.41 Å². The van der Waals surface area contributed by atoms with E-state index in [1.165, 1.54) is 0 Å². The van der Waals surface area contributed by atoms with E-state index in [1.807, 2.05) is 13.8 Å². The number of hydrogen-bond donors (Lipinski definition) is 0. The third kappa shape index (κ3) is 4.65. The molecule has 1 atom stereocenters. The van der Waals surface area contributed by atoms with Crippen molar-refractivity contribution in [1.82, 2.24) is 0 Å². The fourth-order valence-corrected chi connectivity index (χ4v) is 0.869. The number of hydrogen-bond acceptors (Lipinski definition) is 1. The minimum absolute atomic E-state index is 0.159. The van der Waals surface area contributed by atoms with Gasteiger partial charge in [0.2, 0.25) is 0 Å². The molecule has 1 unspecified atom stereocenters. The maximum Gasteiger partial charge on any atom is 0.0534 e. The smallest absolute Gasteiger partial charge is 0.0534 e. The summed E-state index contributed by atoms with van der Waals surface area (Å²) < 4.78 is 5.50. The van der Waals surface area contributed by atoms with Gasteiger partial charge >= 0.3 is 0 Å². The van der Waals surface area contributed by atoms with Crippen molar-refractivity contribution in [2.45, 2.75) is 40.2 Å². The molecule has 0 aromatic rings. The van der Waals surface area contributed by atoms with E-state index in [0.29, 0.717) is 12.0 Å². The van der Waals surface area contributed by atoms with Crippen molar-refractivity contribution < 1.29 is 4.74 Å². The number of halogens is 1. The molecule has 0 radical (unpaired) electrons.